The Kier molecular flexibility index (Phi) is 7.18. The second-order valence-electron chi connectivity index (χ2n) is 7.79. The number of methoxy groups -OCH3 is 1. The minimum Gasteiger partial charge on any atom is -0.493 e. The van der Waals surface area contributed by atoms with Gasteiger partial charge < -0.3 is 9.47 Å². The van der Waals surface area contributed by atoms with Crippen molar-refractivity contribution in [3.63, 3.8) is 0 Å². The van der Waals surface area contributed by atoms with Crippen molar-refractivity contribution in [2.45, 2.75) is 13.8 Å². The maximum absolute atomic E-state index is 13.6. The average molecular weight is 471 g/mol. The summed E-state index contributed by atoms with van der Waals surface area (Å²) in [5.41, 5.74) is 4.58. The van der Waals surface area contributed by atoms with E-state index in [1.54, 1.807) is 18.1 Å². The highest BCUT2D eigenvalue weighted by Gasteiger charge is 2.35. The van der Waals surface area contributed by atoms with Crippen molar-refractivity contribution in [3.05, 3.63) is 101 Å². The highest BCUT2D eigenvalue weighted by atomic mass is 32.2. The summed E-state index contributed by atoms with van der Waals surface area (Å²) in [6.07, 6.45) is 3.50. The van der Waals surface area contributed by atoms with Crippen molar-refractivity contribution >= 4 is 40.3 Å². The Balaban J connectivity index is 1.79. The molecule has 0 unspecified atom stereocenters. The Morgan fingerprint density at radius 1 is 1.00 bits per heavy atom. The van der Waals surface area contributed by atoms with Crippen molar-refractivity contribution in [1.29, 1.82) is 0 Å². The maximum Gasteiger partial charge on any atom is 0.271 e. The molecule has 0 aliphatic carbocycles. The molecule has 0 atom stereocenters. The van der Waals surface area contributed by atoms with Gasteiger partial charge in [-0.15, -0.1) is 0 Å². The smallest absolute Gasteiger partial charge is 0.271 e. The molecule has 4 rings (SSSR count). The third kappa shape index (κ3) is 5.07. The third-order valence-electron chi connectivity index (χ3n) is 5.22. The van der Waals surface area contributed by atoms with Gasteiger partial charge in [-0.1, -0.05) is 60.2 Å². The van der Waals surface area contributed by atoms with Crippen LogP contribution in [-0.2, 0) is 4.79 Å². The topological polar surface area (TPSA) is 51.1 Å². The second kappa shape index (κ2) is 10.4. The van der Waals surface area contributed by atoms with Crippen LogP contribution in [0.3, 0.4) is 0 Å². The zero-order valence-electron chi connectivity index (χ0n) is 19.4. The monoisotopic (exact) mass is 470 g/mol. The van der Waals surface area contributed by atoms with Gasteiger partial charge in [-0.3, -0.25) is 9.69 Å². The number of carbonyl (C=O) groups is 1. The van der Waals surface area contributed by atoms with Gasteiger partial charge in [-0.05, 0) is 62.0 Å². The standard InChI is InChI=1S/C28H26N2O3S/c1-5-17-33-26-21(7-6-8-24(26)32-4)18-25-27(31)30(23-15-11-20(3)12-16-23)28(34-25)29-22-13-9-19(2)10-14-22/h5-16,18H,1,17H2,2-4H3/b25-18+,29-28?. The molecular weight excluding hydrogens is 444 g/mol. The summed E-state index contributed by atoms with van der Waals surface area (Å²) in [6.45, 7) is 8.10. The van der Waals surface area contributed by atoms with Crippen LogP contribution in [0.5, 0.6) is 11.5 Å². The van der Waals surface area contributed by atoms with Crippen molar-refractivity contribution in [2.24, 2.45) is 4.99 Å². The first-order chi connectivity index (χ1) is 16.5. The van der Waals surface area contributed by atoms with E-state index < -0.39 is 0 Å². The number of anilines is 1. The van der Waals surface area contributed by atoms with Crippen molar-refractivity contribution in [2.75, 3.05) is 18.6 Å². The first-order valence-electron chi connectivity index (χ1n) is 10.9. The van der Waals surface area contributed by atoms with E-state index in [4.69, 9.17) is 14.5 Å². The van der Waals surface area contributed by atoms with Gasteiger partial charge in [0.15, 0.2) is 16.7 Å². The summed E-state index contributed by atoms with van der Waals surface area (Å²) in [4.78, 5) is 20.6. The van der Waals surface area contributed by atoms with Gasteiger partial charge in [0.1, 0.15) is 6.61 Å². The van der Waals surface area contributed by atoms with E-state index in [0.29, 0.717) is 28.2 Å². The number of rotatable bonds is 7. The number of para-hydroxylation sites is 1. The first kappa shape index (κ1) is 23.4. The number of aryl methyl sites for hydroxylation is 2. The molecule has 3 aromatic carbocycles. The van der Waals surface area contributed by atoms with Gasteiger partial charge in [0.2, 0.25) is 0 Å². The molecule has 1 amide bonds. The van der Waals surface area contributed by atoms with Crippen LogP contribution < -0.4 is 14.4 Å². The summed E-state index contributed by atoms with van der Waals surface area (Å²) < 4.78 is 11.3. The maximum atomic E-state index is 13.6. The molecule has 5 nitrogen and oxygen atoms in total. The molecule has 1 saturated heterocycles. The molecular formula is C28H26N2O3S. The molecule has 3 aromatic rings. The quantitative estimate of drug-likeness (QED) is 0.285. The highest BCUT2D eigenvalue weighted by Crippen LogP contribution is 2.40. The van der Waals surface area contributed by atoms with E-state index in [-0.39, 0.29) is 5.91 Å². The Morgan fingerprint density at radius 3 is 2.32 bits per heavy atom. The Labute approximate surface area is 204 Å². The number of ether oxygens (including phenoxy) is 2. The van der Waals surface area contributed by atoms with E-state index in [1.165, 1.54) is 11.8 Å². The van der Waals surface area contributed by atoms with E-state index in [0.717, 1.165) is 28.1 Å². The number of aliphatic imine (C=N–C) groups is 1. The molecule has 0 aromatic heterocycles. The fourth-order valence-electron chi connectivity index (χ4n) is 3.45. The molecule has 0 bridgehead atoms. The molecule has 1 fully saturated rings. The van der Waals surface area contributed by atoms with Gasteiger partial charge in [0, 0.05) is 5.56 Å². The van der Waals surface area contributed by atoms with Crippen LogP contribution in [0, 0.1) is 13.8 Å². The summed E-state index contributed by atoms with van der Waals surface area (Å²) in [5, 5.41) is 0.598. The normalized spacial score (nSPS) is 15.7. The lowest BCUT2D eigenvalue weighted by Crippen LogP contribution is -2.28. The number of carbonyl (C=O) groups excluding carboxylic acids is 1. The summed E-state index contributed by atoms with van der Waals surface area (Å²) >= 11 is 1.34. The van der Waals surface area contributed by atoms with Gasteiger partial charge in [0.25, 0.3) is 5.91 Å². The molecule has 34 heavy (non-hydrogen) atoms. The first-order valence-corrected chi connectivity index (χ1v) is 11.7. The van der Waals surface area contributed by atoms with Gasteiger partial charge in [0.05, 0.1) is 23.4 Å². The number of hydrogen-bond donors (Lipinski definition) is 0. The number of thioether (sulfide) groups is 1. The van der Waals surface area contributed by atoms with E-state index in [2.05, 4.69) is 6.58 Å². The number of benzene rings is 3. The van der Waals surface area contributed by atoms with Crippen LogP contribution in [-0.4, -0.2) is 24.8 Å². The van der Waals surface area contributed by atoms with Gasteiger partial charge >= 0.3 is 0 Å². The summed E-state index contributed by atoms with van der Waals surface area (Å²) in [6, 6.07) is 21.4. The molecule has 6 heteroatoms. The van der Waals surface area contributed by atoms with Crippen LogP contribution in [0.2, 0.25) is 0 Å². The van der Waals surface area contributed by atoms with Crippen LogP contribution >= 0.6 is 11.8 Å². The highest BCUT2D eigenvalue weighted by molar-refractivity contribution is 8.19. The molecule has 0 N–H and O–H groups in total. The number of hydrogen-bond acceptors (Lipinski definition) is 5. The van der Waals surface area contributed by atoms with Crippen molar-refractivity contribution in [1.82, 2.24) is 0 Å². The minimum absolute atomic E-state index is 0.141. The number of amidine groups is 1. The molecule has 1 aliphatic heterocycles. The van der Waals surface area contributed by atoms with Gasteiger partial charge in [-0.2, -0.15) is 0 Å². The predicted octanol–water partition coefficient (Wildman–Crippen LogP) is 6.69. The molecule has 1 heterocycles. The van der Waals surface area contributed by atoms with E-state index >= 15 is 0 Å². The van der Waals surface area contributed by atoms with Crippen LogP contribution in [0.4, 0.5) is 11.4 Å². The Bertz CT molecular complexity index is 1260. The summed E-state index contributed by atoms with van der Waals surface area (Å²) in [5.74, 6) is 1.02. The van der Waals surface area contributed by atoms with Crippen LogP contribution in [0.25, 0.3) is 6.08 Å². The Hall–Kier alpha value is -3.77. The molecule has 0 spiro atoms. The number of amides is 1. The molecule has 1 aliphatic rings. The Morgan fingerprint density at radius 2 is 1.68 bits per heavy atom. The second-order valence-corrected chi connectivity index (χ2v) is 8.80. The lowest BCUT2D eigenvalue weighted by molar-refractivity contribution is -0.113. The molecule has 0 radical (unpaired) electrons. The lowest BCUT2D eigenvalue weighted by atomic mass is 10.1. The zero-order valence-corrected chi connectivity index (χ0v) is 20.3. The van der Waals surface area contributed by atoms with Crippen LogP contribution in [0.15, 0.2) is 89.3 Å². The summed E-state index contributed by atoms with van der Waals surface area (Å²) in [7, 11) is 1.59. The molecule has 0 saturated carbocycles. The van der Waals surface area contributed by atoms with E-state index in [1.807, 2.05) is 86.7 Å². The largest absolute Gasteiger partial charge is 0.493 e. The fraction of sp³-hybridized carbons (Fsp3) is 0.143. The average Bonchev–Trinajstić information content (AvgIpc) is 3.14. The SMILES string of the molecule is C=CCOc1c(/C=C2/SC(=Nc3ccc(C)cc3)N(c3ccc(C)cc3)C2=O)cccc1OC. The third-order valence-corrected chi connectivity index (χ3v) is 6.19. The van der Waals surface area contributed by atoms with Crippen molar-refractivity contribution < 1.29 is 14.3 Å². The van der Waals surface area contributed by atoms with Gasteiger partial charge in [-0.25, -0.2) is 4.99 Å². The van der Waals surface area contributed by atoms with E-state index in [9.17, 15) is 4.79 Å². The minimum atomic E-state index is -0.141. The van der Waals surface area contributed by atoms with Crippen molar-refractivity contribution in [3.8, 4) is 11.5 Å². The lowest BCUT2D eigenvalue weighted by Gasteiger charge is -2.16. The fourth-order valence-corrected chi connectivity index (χ4v) is 4.44. The zero-order chi connectivity index (χ0) is 24.1. The van der Waals surface area contributed by atoms with Crippen LogP contribution in [0.1, 0.15) is 16.7 Å². The molecule has 172 valence electrons. The number of nitrogens with zero attached hydrogens (tertiary/aromatic N) is 2. The predicted molar refractivity (Wildman–Crippen MR) is 141 cm³/mol.